The molecule has 1 N–H and O–H groups in total. The molecule has 0 bridgehead atoms. The molecule has 1 atom stereocenters. The van der Waals surface area contributed by atoms with Crippen LogP contribution in [-0.4, -0.2) is 51.3 Å². The number of methoxy groups -OCH3 is 1. The first kappa shape index (κ1) is 15.9. The minimum absolute atomic E-state index is 0.870. The Morgan fingerprint density at radius 1 is 1.22 bits per heavy atom. The summed E-state index contributed by atoms with van der Waals surface area (Å²) in [4.78, 5) is 2.64. The standard InChI is InChI=1S/C15H32N2O/c1-3-6-15-7-4-11-17(12-8-15)13-10-16-9-5-14-18-2/h15-16H,3-14H2,1-2H3. The number of likely N-dealkylation sites (tertiary alicyclic amines) is 1. The summed E-state index contributed by atoms with van der Waals surface area (Å²) in [5.74, 6) is 0.995. The van der Waals surface area contributed by atoms with Gasteiger partial charge in [0.05, 0.1) is 0 Å². The van der Waals surface area contributed by atoms with Gasteiger partial charge in [-0.05, 0) is 51.2 Å². The van der Waals surface area contributed by atoms with Crippen LogP contribution in [0, 0.1) is 5.92 Å². The quantitative estimate of drug-likeness (QED) is 0.642. The maximum absolute atomic E-state index is 5.04. The Balaban J connectivity index is 2.01. The van der Waals surface area contributed by atoms with Crippen LogP contribution < -0.4 is 5.32 Å². The van der Waals surface area contributed by atoms with Crippen LogP contribution in [0.15, 0.2) is 0 Å². The monoisotopic (exact) mass is 256 g/mol. The highest BCUT2D eigenvalue weighted by Crippen LogP contribution is 2.21. The van der Waals surface area contributed by atoms with E-state index < -0.39 is 0 Å². The van der Waals surface area contributed by atoms with E-state index in [2.05, 4.69) is 17.1 Å². The fourth-order valence-corrected chi connectivity index (χ4v) is 2.85. The largest absolute Gasteiger partial charge is 0.385 e. The summed E-state index contributed by atoms with van der Waals surface area (Å²) in [6.45, 7) is 9.22. The molecule has 0 saturated carbocycles. The van der Waals surface area contributed by atoms with Gasteiger partial charge in [0.2, 0.25) is 0 Å². The van der Waals surface area contributed by atoms with E-state index in [-0.39, 0.29) is 0 Å². The van der Waals surface area contributed by atoms with E-state index in [1.54, 1.807) is 7.11 Å². The maximum Gasteiger partial charge on any atom is 0.0474 e. The van der Waals surface area contributed by atoms with Crippen LogP contribution >= 0.6 is 0 Å². The molecule has 1 aliphatic heterocycles. The summed E-state index contributed by atoms with van der Waals surface area (Å²) in [6, 6.07) is 0. The highest BCUT2D eigenvalue weighted by Gasteiger charge is 2.15. The maximum atomic E-state index is 5.04. The first-order chi connectivity index (χ1) is 8.86. The van der Waals surface area contributed by atoms with Crippen LogP contribution in [0.25, 0.3) is 0 Å². The minimum Gasteiger partial charge on any atom is -0.385 e. The third kappa shape index (κ3) is 7.34. The van der Waals surface area contributed by atoms with Gasteiger partial charge in [-0.3, -0.25) is 0 Å². The third-order valence-corrected chi connectivity index (χ3v) is 3.94. The Morgan fingerprint density at radius 2 is 2.11 bits per heavy atom. The molecule has 0 aromatic carbocycles. The van der Waals surface area contributed by atoms with Crippen LogP contribution in [0.1, 0.15) is 45.4 Å². The molecule has 1 rings (SSSR count). The molecule has 0 spiro atoms. The van der Waals surface area contributed by atoms with Gasteiger partial charge in [0.15, 0.2) is 0 Å². The number of ether oxygens (including phenoxy) is 1. The number of rotatable bonds is 9. The summed E-state index contributed by atoms with van der Waals surface area (Å²) in [7, 11) is 1.77. The van der Waals surface area contributed by atoms with Crippen molar-refractivity contribution in [3.8, 4) is 0 Å². The lowest BCUT2D eigenvalue weighted by Crippen LogP contribution is -2.33. The molecule has 1 fully saturated rings. The number of hydrogen-bond donors (Lipinski definition) is 1. The first-order valence-corrected chi connectivity index (χ1v) is 7.78. The molecule has 0 aliphatic carbocycles. The van der Waals surface area contributed by atoms with Gasteiger partial charge in [-0.25, -0.2) is 0 Å². The number of nitrogens with one attached hydrogen (secondary N) is 1. The van der Waals surface area contributed by atoms with Crippen molar-refractivity contribution in [2.75, 3.05) is 46.4 Å². The van der Waals surface area contributed by atoms with E-state index >= 15 is 0 Å². The predicted octanol–water partition coefficient (Wildman–Crippen LogP) is 2.51. The van der Waals surface area contributed by atoms with Crippen LogP contribution in [0.5, 0.6) is 0 Å². The van der Waals surface area contributed by atoms with Gasteiger partial charge >= 0.3 is 0 Å². The van der Waals surface area contributed by atoms with Gasteiger partial charge in [-0.1, -0.05) is 19.8 Å². The van der Waals surface area contributed by atoms with Crippen molar-refractivity contribution in [3.63, 3.8) is 0 Å². The average molecular weight is 256 g/mol. The third-order valence-electron chi connectivity index (χ3n) is 3.94. The molecule has 1 aliphatic rings. The van der Waals surface area contributed by atoms with Crippen LogP contribution in [-0.2, 0) is 4.74 Å². The van der Waals surface area contributed by atoms with Crippen molar-refractivity contribution in [1.29, 1.82) is 0 Å². The molecule has 0 aromatic rings. The Morgan fingerprint density at radius 3 is 2.89 bits per heavy atom. The van der Waals surface area contributed by atoms with Gasteiger partial charge < -0.3 is 15.0 Å². The number of nitrogens with zero attached hydrogens (tertiary/aromatic N) is 1. The SMILES string of the molecule is CCCC1CCCN(CCNCCCOC)CC1. The van der Waals surface area contributed by atoms with Crippen molar-refractivity contribution < 1.29 is 4.74 Å². The Hall–Kier alpha value is -0.120. The van der Waals surface area contributed by atoms with E-state index in [1.165, 1.54) is 51.7 Å². The zero-order chi connectivity index (χ0) is 13.1. The molecule has 1 unspecified atom stereocenters. The molecular weight excluding hydrogens is 224 g/mol. The van der Waals surface area contributed by atoms with E-state index in [1.807, 2.05) is 0 Å². The second kappa shape index (κ2) is 10.8. The van der Waals surface area contributed by atoms with Crippen LogP contribution in [0.3, 0.4) is 0 Å². The summed E-state index contributed by atoms with van der Waals surface area (Å²) in [5.41, 5.74) is 0. The highest BCUT2D eigenvalue weighted by molar-refractivity contribution is 4.70. The van der Waals surface area contributed by atoms with Gasteiger partial charge in [-0.2, -0.15) is 0 Å². The zero-order valence-electron chi connectivity index (χ0n) is 12.4. The van der Waals surface area contributed by atoms with Crippen molar-refractivity contribution in [2.24, 2.45) is 5.92 Å². The molecule has 108 valence electrons. The fourth-order valence-electron chi connectivity index (χ4n) is 2.85. The lowest BCUT2D eigenvalue weighted by atomic mass is 9.96. The Labute approximate surface area is 113 Å². The highest BCUT2D eigenvalue weighted by atomic mass is 16.5. The smallest absolute Gasteiger partial charge is 0.0474 e. The van der Waals surface area contributed by atoms with Crippen LogP contribution in [0.2, 0.25) is 0 Å². The number of hydrogen-bond acceptors (Lipinski definition) is 3. The molecule has 3 nitrogen and oxygen atoms in total. The zero-order valence-corrected chi connectivity index (χ0v) is 12.4. The van der Waals surface area contributed by atoms with Gasteiger partial charge in [0.1, 0.15) is 0 Å². The Bertz CT molecular complexity index is 187. The predicted molar refractivity (Wildman–Crippen MR) is 78.1 cm³/mol. The van der Waals surface area contributed by atoms with E-state index in [4.69, 9.17) is 4.74 Å². The molecule has 1 heterocycles. The van der Waals surface area contributed by atoms with Gasteiger partial charge in [0, 0.05) is 26.8 Å². The molecule has 0 aromatic heterocycles. The molecule has 3 heteroatoms. The summed E-state index contributed by atoms with van der Waals surface area (Å²) >= 11 is 0. The lowest BCUT2D eigenvalue weighted by molar-refractivity contribution is 0.193. The van der Waals surface area contributed by atoms with E-state index in [0.29, 0.717) is 0 Å². The Kier molecular flexibility index (Phi) is 9.54. The van der Waals surface area contributed by atoms with Gasteiger partial charge in [0.25, 0.3) is 0 Å². The van der Waals surface area contributed by atoms with E-state index in [0.717, 1.165) is 32.0 Å². The van der Waals surface area contributed by atoms with Crippen molar-refractivity contribution in [1.82, 2.24) is 10.2 Å². The summed E-state index contributed by atoms with van der Waals surface area (Å²) < 4.78 is 5.04. The normalized spacial score (nSPS) is 22.0. The molecule has 1 saturated heterocycles. The first-order valence-electron chi connectivity index (χ1n) is 7.78. The second-order valence-corrected chi connectivity index (χ2v) is 5.52. The second-order valence-electron chi connectivity index (χ2n) is 5.52. The van der Waals surface area contributed by atoms with Crippen molar-refractivity contribution in [3.05, 3.63) is 0 Å². The van der Waals surface area contributed by atoms with Gasteiger partial charge in [-0.15, -0.1) is 0 Å². The topological polar surface area (TPSA) is 24.5 Å². The van der Waals surface area contributed by atoms with Crippen molar-refractivity contribution >= 4 is 0 Å². The molecule has 18 heavy (non-hydrogen) atoms. The minimum atomic E-state index is 0.870. The molecular formula is C15H32N2O. The fraction of sp³-hybridized carbons (Fsp3) is 1.00. The molecule has 0 amide bonds. The lowest BCUT2D eigenvalue weighted by Gasteiger charge is -2.20. The molecule has 0 radical (unpaired) electrons. The van der Waals surface area contributed by atoms with E-state index in [9.17, 15) is 0 Å². The summed E-state index contributed by atoms with van der Waals surface area (Å²) in [6.07, 6.45) is 8.17. The summed E-state index contributed by atoms with van der Waals surface area (Å²) in [5, 5.41) is 3.50. The van der Waals surface area contributed by atoms with Crippen LogP contribution in [0.4, 0.5) is 0 Å². The average Bonchev–Trinajstić information content (AvgIpc) is 2.60. The van der Waals surface area contributed by atoms with Crippen molar-refractivity contribution in [2.45, 2.75) is 45.4 Å².